The van der Waals surface area contributed by atoms with Crippen molar-refractivity contribution in [3.8, 4) is 5.75 Å². The predicted molar refractivity (Wildman–Crippen MR) is 338 cm³/mol. The van der Waals surface area contributed by atoms with E-state index < -0.39 is 195 Å². The molecule has 1 aromatic heterocycles. The van der Waals surface area contributed by atoms with E-state index in [9.17, 15) is 76.3 Å². The largest absolute Gasteiger partial charge is 0.495 e. The number of para-hydroxylation sites is 1. The Kier molecular flexibility index (Phi) is 21.5. The molecule has 0 spiro atoms. The zero-order valence-electron chi connectivity index (χ0n) is 57.1. The van der Waals surface area contributed by atoms with Gasteiger partial charge in [-0.05, 0) is 135 Å². The highest BCUT2D eigenvalue weighted by atomic mass is 16.8. The molecule has 97 heavy (non-hydrogen) atoms. The molecule has 2 aromatic rings. The number of allylic oxidation sites excluding steroid dienone is 2. The topological polar surface area (TPSA) is 435 Å². The number of fused-ring (bicyclic) bond motifs is 8. The molecular formula is C69H105NO27. The average Bonchev–Trinajstić information content (AvgIpc) is 0.672. The molecule has 9 fully saturated rings. The number of methoxy groups -OCH3 is 1. The maximum Gasteiger partial charge on any atom is 0.317 e. The summed E-state index contributed by atoms with van der Waals surface area (Å²) in [6.45, 7) is 19.1. The monoisotopic (exact) mass is 1380 g/mol. The fourth-order valence-electron chi connectivity index (χ4n) is 19.1. The minimum absolute atomic E-state index is 0.0977. The molecule has 0 radical (unpaired) electrons. The first-order valence-electron chi connectivity index (χ1n) is 34.4. The van der Waals surface area contributed by atoms with E-state index in [2.05, 4.69) is 59.5 Å². The van der Waals surface area contributed by atoms with Crippen molar-refractivity contribution in [1.82, 2.24) is 4.98 Å². The molecule has 32 unspecified atom stereocenters. The van der Waals surface area contributed by atoms with Crippen LogP contribution in [0.1, 0.15) is 126 Å². The van der Waals surface area contributed by atoms with Gasteiger partial charge in [0.15, 0.2) is 31.3 Å². The maximum atomic E-state index is 15.4. The van der Waals surface area contributed by atoms with Gasteiger partial charge in [0.2, 0.25) is 11.8 Å². The minimum atomic E-state index is -1.93. The highest BCUT2D eigenvalue weighted by molar-refractivity contribution is 5.87. The number of pyridine rings is 1. The van der Waals surface area contributed by atoms with Gasteiger partial charge < -0.3 is 129 Å². The number of H-pyrrole nitrogens is 1. The lowest BCUT2D eigenvalue weighted by Gasteiger charge is -2.71. The number of carbonyl (C=O) groups is 1. The second-order valence-corrected chi connectivity index (χ2v) is 31.5. The molecule has 10 aliphatic rings. The smallest absolute Gasteiger partial charge is 0.317 e. The van der Waals surface area contributed by atoms with Crippen molar-refractivity contribution in [3.63, 3.8) is 0 Å². The van der Waals surface area contributed by atoms with Crippen molar-refractivity contribution < 1.29 is 128 Å². The highest BCUT2D eigenvalue weighted by Crippen LogP contribution is 2.76. The Bertz CT molecular complexity index is 3190. The van der Waals surface area contributed by atoms with Crippen LogP contribution in [0.4, 0.5) is 0 Å². The van der Waals surface area contributed by atoms with Gasteiger partial charge in [0.05, 0.1) is 56.9 Å². The third kappa shape index (κ3) is 13.0. The van der Waals surface area contributed by atoms with Crippen LogP contribution in [0.25, 0.3) is 10.9 Å². The highest BCUT2D eigenvalue weighted by Gasteiger charge is 2.72. The number of hydrogen-bond acceptors (Lipinski definition) is 27. The van der Waals surface area contributed by atoms with Crippen LogP contribution in [-0.2, 0) is 52.2 Å². The van der Waals surface area contributed by atoms with Gasteiger partial charge >= 0.3 is 5.97 Å². The molecule has 12 rings (SSSR count). The number of aromatic nitrogens is 1. The molecule has 28 nitrogen and oxygen atoms in total. The summed E-state index contributed by atoms with van der Waals surface area (Å²) in [5.74, 6) is -0.304. The molecule has 4 saturated carbocycles. The number of hydrogen-bond donors (Lipinski definition) is 15. The van der Waals surface area contributed by atoms with Crippen molar-refractivity contribution in [2.45, 2.75) is 281 Å². The number of nitrogens with one attached hydrogen (secondary N) is 1. The van der Waals surface area contributed by atoms with Crippen molar-refractivity contribution in [2.75, 3.05) is 26.9 Å². The fourth-order valence-corrected chi connectivity index (χ4v) is 19.1. The van der Waals surface area contributed by atoms with Crippen LogP contribution in [-0.4, -0.2) is 263 Å². The summed E-state index contributed by atoms with van der Waals surface area (Å²) in [7, 11) is 1.59. The second-order valence-electron chi connectivity index (χ2n) is 31.5. The number of benzene rings is 1. The number of rotatable bonds is 12. The molecule has 0 bridgehead atoms. The summed E-state index contributed by atoms with van der Waals surface area (Å²) < 4.78 is 64.8. The molecule has 0 amide bonds. The molecule has 15 N–H and O–H groups in total. The Morgan fingerprint density at radius 3 is 1.84 bits per heavy atom. The number of carbonyl (C=O) groups excluding carboxylic acids is 1. The van der Waals surface area contributed by atoms with E-state index in [0.29, 0.717) is 31.4 Å². The number of aliphatic hydroxyl groups is 14. The molecule has 5 aliphatic carbocycles. The lowest BCUT2D eigenvalue weighted by molar-refractivity contribution is -0.374. The SMILES string of the molecule is CC1OC(OC2CCC3(C)C(CCC4(C)C3CC=C3C5CC(C)(C)CCC5(C(=O)OC5OCC(O)C(O)C5OC5OC(C)C(OC6OC(CO)C(O)C(O)C6O)C(O)C5O)C(O)CC34C)C2(C)C)C(O)C(O)C1OC1OCC(O)C(O)C1O.COc1cccc2c(C)cc(=O)[nH]c12. The van der Waals surface area contributed by atoms with Crippen LogP contribution in [0, 0.1) is 57.2 Å². The van der Waals surface area contributed by atoms with Gasteiger partial charge in [-0.25, -0.2) is 0 Å². The van der Waals surface area contributed by atoms with Crippen molar-refractivity contribution in [3.05, 3.63) is 51.8 Å². The minimum Gasteiger partial charge on any atom is -0.495 e. The van der Waals surface area contributed by atoms with Gasteiger partial charge in [-0.3, -0.25) is 9.59 Å². The van der Waals surface area contributed by atoms with E-state index in [4.69, 9.17) is 52.1 Å². The summed E-state index contributed by atoms with van der Waals surface area (Å²) >= 11 is 0. The van der Waals surface area contributed by atoms with E-state index in [1.54, 1.807) is 20.1 Å². The van der Waals surface area contributed by atoms with Gasteiger partial charge in [0.1, 0.15) is 103 Å². The summed E-state index contributed by atoms with van der Waals surface area (Å²) in [5, 5.41) is 153. The molecule has 548 valence electrons. The van der Waals surface area contributed by atoms with Gasteiger partial charge in [-0.2, -0.15) is 0 Å². The average molecular weight is 1380 g/mol. The van der Waals surface area contributed by atoms with Crippen molar-refractivity contribution in [1.29, 1.82) is 0 Å². The van der Waals surface area contributed by atoms with Gasteiger partial charge in [-0.15, -0.1) is 0 Å². The summed E-state index contributed by atoms with van der Waals surface area (Å²) in [6, 6.07) is 7.29. The zero-order chi connectivity index (χ0) is 70.7. The van der Waals surface area contributed by atoms with Gasteiger partial charge in [-0.1, -0.05) is 72.2 Å². The van der Waals surface area contributed by atoms with Crippen LogP contribution in [0.3, 0.4) is 0 Å². The van der Waals surface area contributed by atoms with E-state index >= 15 is 4.79 Å². The number of esters is 1. The van der Waals surface area contributed by atoms with Crippen LogP contribution in [0.15, 0.2) is 40.7 Å². The van der Waals surface area contributed by atoms with E-state index in [1.165, 1.54) is 6.92 Å². The van der Waals surface area contributed by atoms with E-state index in [0.717, 1.165) is 41.3 Å². The third-order valence-electron chi connectivity index (χ3n) is 25.0. The van der Waals surface area contributed by atoms with Gasteiger partial charge in [0.25, 0.3) is 0 Å². The predicted octanol–water partition coefficient (Wildman–Crippen LogP) is -0.0618. The molecule has 28 heteroatoms. The molecule has 6 heterocycles. The number of aromatic amines is 1. The van der Waals surface area contributed by atoms with Crippen LogP contribution >= 0.6 is 0 Å². The van der Waals surface area contributed by atoms with Crippen molar-refractivity contribution in [2.24, 2.45) is 50.2 Å². The Labute approximate surface area is 563 Å². The lowest BCUT2D eigenvalue weighted by atomic mass is 9.33. The van der Waals surface area contributed by atoms with Gasteiger partial charge in [0, 0.05) is 11.5 Å². The molecule has 32 atom stereocenters. The van der Waals surface area contributed by atoms with Crippen LogP contribution in [0.2, 0.25) is 0 Å². The van der Waals surface area contributed by atoms with Crippen LogP contribution < -0.4 is 10.3 Å². The first-order valence-corrected chi connectivity index (χ1v) is 34.4. The molecular weight excluding hydrogens is 1270 g/mol. The number of ether oxygens (including phenoxy) is 11. The number of aliphatic hydroxyl groups excluding tert-OH is 14. The normalized spacial score (nSPS) is 48.7. The van der Waals surface area contributed by atoms with E-state index in [1.807, 2.05) is 25.1 Å². The first kappa shape index (κ1) is 74.7. The van der Waals surface area contributed by atoms with Crippen LogP contribution in [0.5, 0.6) is 5.75 Å². The molecule has 5 saturated heterocycles. The zero-order valence-corrected chi connectivity index (χ0v) is 57.1. The molecule has 5 aliphatic heterocycles. The van der Waals surface area contributed by atoms with E-state index in [-0.39, 0.29) is 53.1 Å². The molecule has 1 aromatic carbocycles. The number of aryl methyl sites for hydroxylation is 1. The first-order chi connectivity index (χ1) is 45.5. The summed E-state index contributed by atoms with van der Waals surface area (Å²) in [6.07, 6.45) is -29.2. The third-order valence-corrected chi connectivity index (χ3v) is 25.0. The Morgan fingerprint density at radius 2 is 1.20 bits per heavy atom. The standard InChI is InChI=1S/C58H94O25.C11H11NO2/c1-23-44(80-47-40(69)34(63)27(60)21-74-47)38(67)42(71)48(76-23)79-33-13-14-55(7)30(54(33,5)6)12-15-56(8)31(55)11-10-25-26-18-53(3,4)16-17-58(26,32(62)19-57(25,56)9)52(73)83-51-46(35(64)28(61)22-75-51)82-49-43(72)39(68)45(24(2)77-49)81-50-41(70)37(66)36(65)29(20-59)78-50;1-7-6-10(13)12-11-8(7)4-3-5-9(11)14-2/h10,23-24,26-51,59-72H,11-22H2,1-9H3;3-6H,1-2H3,(H,12,13). The Balaban J connectivity index is 0.000000602. The Morgan fingerprint density at radius 1 is 0.619 bits per heavy atom. The lowest BCUT2D eigenvalue weighted by Crippen LogP contribution is -2.68. The van der Waals surface area contributed by atoms with Crippen molar-refractivity contribution >= 4 is 16.9 Å². The second kappa shape index (κ2) is 27.9. The summed E-state index contributed by atoms with van der Waals surface area (Å²) in [4.78, 5) is 29.4. The fraction of sp³-hybridized carbons (Fsp3) is 0.826. The maximum absolute atomic E-state index is 15.4. The Hall–Kier alpha value is -3.48. The summed E-state index contributed by atoms with van der Waals surface area (Å²) in [5.41, 5.74) is -0.649. The quantitative estimate of drug-likeness (QED) is 0.0752.